The molecule has 21 heavy (non-hydrogen) atoms. The zero-order valence-electron chi connectivity index (χ0n) is 11.4. The quantitative estimate of drug-likeness (QED) is 0.755. The largest absolute Gasteiger partial charge is 0.459 e. The Morgan fingerprint density at radius 3 is 2.86 bits per heavy atom. The summed E-state index contributed by atoms with van der Waals surface area (Å²) in [7, 11) is 0. The standard InChI is InChI=1S/C16H15N3O2/c20-16(18-8-6-13-10-17-11-19-13)15-14(7-9-21-15)12-4-2-1-3-5-12/h1-5,7,9-11H,6,8H2,(H,17,19)(H,18,20). The van der Waals surface area contributed by atoms with E-state index in [0.717, 1.165) is 16.8 Å². The fraction of sp³-hybridized carbons (Fsp3) is 0.125. The maximum atomic E-state index is 12.2. The van der Waals surface area contributed by atoms with Crippen molar-refractivity contribution in [3.63, 3.8) is 0 Å². The van der Waals surface area contributed by atoms with E-state index in [2.05, 4.69) is 15.3 Å². The zero-order valence-corrected chi connectivity index (χ0v) is 11.4. The van der Waals surface area contributed by atoms with Crippen LogP contribution < -0.4 is 5.32 Å². The molecule has 3 aromatic rings. The summed E-state index contributed by atoms with van der Waals surface area (Å²) < 4.78 is 5.34. The summed E-state index contributed by atoms with van der Waals surface area (Å²) in [6, 6.07) is 11.5. The minimum Gasteiger partial charge on any atom is -0.459 e. The van der Waals surface area contributed by atoms with E-state index < -0.39 is 0 Å². The molecule has 0 aliphatic heterocycles. The number of carbonyl (C=O) groups is 1. The maximum absolute atomic E-state index is 12.2. The molecule has 5 heteroatoms. The number of carbonyl (C=O) groups excluding carboxylic acids is 1. The monoisotopic (exact) mass is 281 g/mol. The van der Waals surface area contributed by atoms with Gasteiger partial charge in [0.05, 0.1) is 12.6 Å². The first-order valence-corrected chi connectivity index (χ1v) is 6.73. The van der Waals surface area contributed by atoms with Gasteiger partial charge in [0.15, 0.2) is 5.76 Å². The number of hydrogen-bond donors (Lipinski definition) is 2. The molecule has 2 heterocycles. The van der Waals surface area contributed by atoms with Crippen molar-refractivity contribution < 1.29 is 9.21 Å². The fourth-order valence-corrected chi connectivity index (χ4v) is 2.14. The molecule has 3 rings (SSSR count). The molecule has 0 radical (unpaired) electrons. The number of aromatic nitrogens is 2. The van der Waals surface area contributed by atoms with Gasteiger partial charge in [-0.05, 0) is 11.6 Å². The Hall–Kier alpha value is -2.82. The number of hydrogen-bond acceptors (Lipinski definition) is 3. The number of imidazole rings is 1. The highest BCUT2D eigenvalue weighted by molar-refractivity contribution is 5.98. The second kappa shape index (κ2) is 6.09. The second-order valence-corrected chi connectivity index (χ2v) is 4.61. The SMILES string of the molecule is O=C(NCCc1cnc[nH]1)c1occc1-c1ccccc1. The number of rotatable bonds is 5. The predicted octanol–water partition coefficient (Wildman–Crippen LogP) is 2.64. The number of H-pyrrole nitrogens is 1. The van der Waals surface area contributed by atoms with Crippen molar-refractivity contribution in [3.05, 3.63) is 66.6 Å². The Morgan fingerprint density at radius 1 is 1.24 bits per heavy atom. The molecule has 2 aromatic heterocycles. The smallest absolute Gasteiger partial charge is 0.287 e. The highest BCUT2D eigenvalue weighted by atomic mass is 16.3. The van der Waals surface area contributed by atoms with E-state index in [0.29, 0.717) is 18.7 Å². The van der Waals surface area contributed by atoms with Gasteiger partial charge in [-0.1, -0.05) is 30.3 Å². The van der Waals surface area contributed by atoms with Gasteiger partial charge in [0, 0.05) is 30.4 Å². The van der Waals surface area contributed by atoms with Crippen LogP contribution >= 0.6 is 0 Å². The van der Waals surface area contributed by atoms with Crippen molar-refractivity contribution in [2.24, 2.45) is 0 Å². The number of benzene rings is 1. The third kappa shape index (κ3) is 3.02. The molecule has 0 saturated heterocycles. The van der Waals surface area contributed by atoms with Gasteiger partial charge < -0.3 is 14.7 Å². The number of aromatic amines is 1. The number of nitrogens with zero attached hydrogens (tertiary/aromatic N) is 1. The maximum Gasteiger partial charge on any atom is 0.287 e. The minimum atomic E-state index is -0.210. The molecule has 106 valence electrons. The molecule has 0 bridgehead atoms. The Morgan fingerprint density at radius 2 is 2.10 bits per heavy atom. The molecule has 0 spiro atoms. The molecular weight excluding hydrogens is 266 g/mol. The molecule has 5 nitrogen and oxygen atoms in total. The van der Waals surface area contributed by atoms with Gasteiger partial charge in [0.25, 0.3) is 5.91 Å². The van der Waals surface area contributed by atoms with Crippen LogP contribution in [-0.4, -0.2) is 22.4 Å². The van der Waals surface area contributed by atoms with E-state index in [4.69, 9.17) is 4.42 Å². The summed E-state index contributed by atoms with van der Waals surface area (Å²) in [5, 5.41) is 2.85. The summed E-state index contributed by atoms with van der Waals surface area (Å²) in [4.78, 5) is 19.1. The fourth-order valence-electron chi connectivity index (χ4n) is 2.14. The molecule has 0 unspecified atom stereocenters. The van der Waals surface area contributed by atoms with E-state index in [1.165, 1.54) is 6.26 Å². The molecule has 2 N–H and O–H groups in total. The molecule has 0 saturated carbocycles. The van der Waals surface area contributed by atoms with Crippen LogP contribution in [0.1, 0.15) is 16.2 Å². The number of nitrogens with one attached hydrogen (secondary N) is 2. The average molecular weight is 281 g/mol. The first-order chi connectivity index (χ1) is 10.3. The van der Waals surface area contributed by atoms with Crippen LogP contribution in [0, 0.1) is 0 Å². The Bertz CT molecular complexity index is 702. The van der Waals surface area contributed by atoms with Crippen LogP contribution in [0.4, 0.5) is 0 Å². The van der Waals surface area contributed by atoms with Crippen molar-refractivity contribution in [3.8, 4) is 11.1 Å². The Labute approximate surface area is 122 Å². The van der Waals surface area contributed by atoms with E-state index in [1.54, 1.807) is 18.6 Å². The molecule has 1 amide bonds. The highest BCUT2D eigenvalue weighted by Gasteiger charge is 2.16. The summed E-state index contributed by atoms with van der Waals surface area (Å²) in [5.74, 6) is 0.129. The predicted molar refractivity (Wildman–Crippen MR) is 78.8 cm³/mol. The first-order valence-electron chi connectivity index (χ1n) is 6.73. The van der Waals surface area contributed by atoms with E-state index >= 15 is 0 Å². The van der Waals surface area contributed by atoms with Crippen molar-refractivity contribution in [1.29, 1.82) is 0 Å². The van der Waals surface area contributed by atoms with Gasteiger partial charge >= 0.3 is 0 Å². The molecule has 0 aliphatic carbocycles. The van der Waals surface area contributed by atoms with Crippen molar-refractivity contribution in [2.45, 2.75) is 6.42 Å². The van der Waals surface area contributed by atoms with Crippen LogP contribution in [0.5, 0.6) is 0 Å². The first kappa shape index (κ1) is 13.2. The van der Waals surface area contributed by atoms with Crippen LogP contribution in [0.15, 0.2) is 59.6 Å². The summed E-state index contributed by atoms with van der Waals surface area (Å²) in [6.45, 7) is 0.524. The lowest BCUT2D eigenvalue weighted by molar-refractivity contribution is 0.0927. The third-order valence-corrected chi connectivity index (χ3v) is 3.19. The van der Waals surface area contributed by atoms with Gasteiger partial charge in [-0.25, -0.2) is 4.98 Å². The molecule has 0 atom stereocenters. The van der Waals surface area contributed by atoms with Crippen LogP contribution in [0.3, 0.4) is 0 Å². The minimum absolute atomic E-state index is 0.210. The van der Waals surface area contributed by atoms with Crippen molar-refractivity contribution >= 4 is 5.91 Å². The molecule has 0 aliphatic rings. The normalized spacial score (nSPS) is 10.5. The van der Waals surface area contributed by atoms with Crippen LogP contribution in [0.2, 0.25) is 0 Å². The molecule has 0 fully saturated rings. The van der Waals surface area contributed by atoms with E-state index in [1.807, 2.05) is 30.3 Å². The van der Waals surface area contributed by atoms with Crippen molar-refractivity contribution in [1.82, 2.24) is 15.3 Å². The van der Waals surface area contributed by atoms with Gasteiger partial charge in [-0.2, -0.15) is 0 Å². The van der Waals surface area contributed by atoms with E-state index in [9.17, 15) is 4.79 Å². The summed E-state index contributed by atoms with van der Waals surface area (Å²) in [6.07, 6.45) is 5.60. The summed E-state index contributed by atoms with van der Waals surface area (Å²) in [5.41, 5.74) is 2.75. The lowest BCUT2D eigenvalue weighted by atomic mass is 10.1. The lowest BCUT2D eigenvalue weighted by Gasteiger charge is -2.04. The zero-order chi connectivity index (χ0) is 14.5. The molecular formula is C16H15N3O2. The third-order valence-electron chi connectivity index (χ3n) is 3.19. The number of furan rings is 1. The van der Waals surface area contributed by atoms with Gasteiger partial charge in [-0.3, -0.25) is 4.79 Å². The summed E-state index contributed by atoms with van der Waals surface area (Å²) >= 11 is 0. The average Bonchev–Trinajstić information content (AvgIpc) is 3.19. The Kier molecular flexibility index (Phi) is 3.82. The second-order valence-electron chi connectivity index (χ2n) is 4.61. The van der Waals surface area contributed by atoms with Gasteiger partial charge in [0.1, 0.15) is 0 Å². The molecule has 1 aromatic carbocycles. The number of amides is 1. The highest BCUT2D eigenvalue weighted by Crippen LogP contribution is 2.24. The topological polar surface area (TPSA) is 70.9 Å². The van der Waals surface area contributed by atoms with Crippen molar-refractivity contribution in [2.75, 3.05) is 6.54 Å². The van der Waals surface area contributed by atoms with E-state index in [-0.39, 0.29) is 5.91 Å². The van der Waals surface area contributed by atoms with Gasteiger partial charge in [0.2, 0.25) is 0 Å². The van der Waals surface area contributed by atoms with Crippen LogP contribution in [0.25, 0.3) is 11.1 Å². The van der Waals surface area contributed by atoms with Crippen LogP contribution in [-0.2, 0) is 6.42 Å². The lowest BCUT2D eigenvalue weighted by Crippen LogP contribution is -2.25. The Balaban J connectivity index is 1.67. The van der Waals surface area contributed by atoms with Gasteiger partial charge in [-0.15, -0.1) is 0 Å².